The maximum atomic E-state index is 12.2. The summed E-state index contributed by atoms with van der Waals surface area (Å²) in [4.78, 5) is 16.6. The molecule has 6 heteroatoms. The van der Waals surface area contributed by atoms with Crippen LogP contribution in [0.5, 0.6) is 0 Å². The van der Waals surface area contributed by atoms with Gasteiger partial charge in [0.05, 0.1) is 5.69 Å². The van der Waals surface area contributed by atoms with E-state index in [9.17, 15) is 4.79 Å². The molecule has 0 aromatic carbocycles. The molecular formula is C15H20N4O2. The molecule has 0 aliphatic heterocycles. The molecule has 0 radical (unpaired) electrons. The Kier molecular flexibility index (Phi) is 4.15. The highest BCUT2D eigenvalue weighted by Gasteiger charge is 2.19. The molecule has 1 fully saturated rings. The smallest absolute Gasteiger partial charge is 0.224 e. The molecule has 1 N–H and O–H groups in total. The van der Waals surface area contributed by atoms with Crippen LogP contribution in [0.4, 0.5) is 5.69 Å². The van der Waals surface area contributed by atoms with Crippen LogP contribution in [0.1, 0.15) is 37.9 Å². The Hall–Kier alpha value is -1.95. The van der Waals surface area contributed by atoms with Crippen LogP contribution in [-0.2, 0) is 16.1 Å². The number of aromatic nitrogens is 3. The van der Waals surface area contributed by atoms with Gasteiger partial charge in [0.2, 0.25) is 5.91 Å². The number of methoxy groups -OCH3 is 1. The number of rotatable bonds is 5. The average Bonchev–Trinajstić information content (AvgIpc) is 3.08. The van der Waals surface area contributed by atoms with Crippen molar-refractivity contribution in [2.24, 2.45) is 5.92 Å². The van der Waals surface area contributed by atoms with Crippen LogP contribution >= 0.6 is 0 Å². The Morgan fingerprint density at radius 2 is 2.29 bits per heavy atom. The van der Waals surface area contributed by atoms with Gasteiger partial charge >= 0.3 is 0 Å². The zero-order valence-corrected chi connectivity index (χ0v) is 12.2. The summed E-state index contributed by atoms with van der Waals surface area (Å²) in [6, 6.07) is 3.70. The molecule has 2 heterocycles. The number of carbonyl (C=O) groups is 1. The van der Waals surface area contributed by atoms with Crippen molar-refractivity contribution in [1.29, 1.82) is 0 Å². The van der Waals surface area contributed by atoms with E-state index in [-0.39, 0.29) is 5.91 Å². The molecule has 0 atom stereocenters. The Morgan fingerprint density at radius 3 is 3.05 bits per heavy atom. The molecule has 0 saturated heterocycles. The van der Waals surface area contributed by atoms with E-state index in [1.54, 1.807) is 11.6 Å². The van der Waals surface area contributed by atoms with E-state index in [0.717, 1.165) is 0 Å². The van der Waals surface area contributed by atoms with Crippen molar-refractivity contribution in [2.75, 3.05) is 12.4 Å². The predicted molar refractivity (Wildman–Crippen MR) is 78.9 cm³/mol. The van der Waals surface area contributed by atoms with Crippen LogP contribution in [0.15, 0.2) is 18.3 Å². The first kappa shape index (κ1) is 14.0. The van der Waals surface area contributed by atoms with Crippen molar-refractivity contribution in [1.82, 2.24) is 14.6 Å². The molecular weight excluding hydrogens is 268 g/mol. The molecule has 3 rings (SSSR count). The maximum Gasteiger partial charge on any atom is 0.224 e. The molecule has 1 aliphatic rings. The number of nitrogens with one attached hydrogen (secondary N) is 1. The van der Waals surface area contributed by atoms with Crippen LogP contribution in [0.3, 0.4) is 0 Å². The number of hydrogen-bond acceptors (Lipinski definition) is 4. The van der Waals surface area contributed by atoms with Crippen molar-refractivity contribution in [3.8, 4) is 0 Å². The summed E-state index contributed by atoms with van der Waals surface area (Å²) in [5.41, 5.74) is 1.36. The lowest BCUT2D eigenvalue weighted by Crippen LogP contribution is -2.15. The van der Waals surface area contributed by atoms with E-state index in [0.29, 0.717) is 36.1 Å². The third-order valence-corrected chi connectivity index (χ3v) is 3.90. The zero-order valence-electron chi connectivity index (χ0n) is 12.2. The zero-order chi connectivity index (χ0) is 14.7. The average molecular weight is 288 g/mol. The van der Waals surface area contributed by atoms with E-state index in [2.05, 4.69) is 15.4 Å². The van der Waals surface area contributed by atoms with Crippen molar-refractivity contribution in [3.05, 3.63) is 24.2 Å². The summed E-state index contributed by atoms with van der Waals surface area (Å²) in [6.45, 7) is 0.358. The first-order chi connectivity index (χ1) is 10.3. The molecule has 0 unspecified atom stereocenters. The van der Waals surface area contributed by atoms with Crippen LogP contribution in [-0.4, -0.2) is 27.6 Å². The van der Waals surface area contributed by atoms with Gasteiger partial charge in [-0.05, 0) is 30.9 Å². The fourth-order valence-corrected chi connectivity index (χ4v) is 2.92. The normalized spacial score (nSPS) is 15.7. The third kappa shape index (κ3) is 3.21. The molecule has 21 heavy (non-hydrogen) atoms. The lowest BCUT2D eigenvalue weighted by atomic mass is 10.0. The highest BCUT2D eigenvalue weighted by Crippen LogP contribution is 2.28. The topological polar surface area (TPSA) is 68.5 Å². The third-order valence-electron chi connectivity index (χ3n) is 3.90. The summed E-state index contributed by atoms with van der Waals surface area (Å²) < 4.78 is 6.71. The number of carbonyl (C=O) groups excluding carboxylic acids is 1. The van der Waals surface area contributed by atoms with Crippen molar-refractivity contribution >= 4 is 17.2 Å². The quantitative estimate of drug-likeness (QED) is 0.917. The minimum Gasteiger partial charge on any atom is -0.377 e. The van der Waals surface area contributed by atoms with Gasteiger partial charge in [-0.25, -0.2) is 9.50 Å². The first-order valence-electron chi connectivity index (χ1n) is 7.39. The SMILES string of the molecule is COCc1nc2c(NC(=O)CC3CCCC3)cccn2n1. The second-order valence-corrected chi connectivity index (χ2v) is 5.55. The molecule has 1 amide bonds. The maximum absolute atomic E-state index is 12.2. The van der Waals surface area contributed by atoms with Crippen LogP contribution < -0.4 is 5.32 Å². The van der Waals surface area contributed by atoms with Gasteiger partial charge in [0.25, 0.3) is 0 Å². The van der Waals surface area contributed by atoms with E-state index in [4.69, 9.17) is 4.74 Å². The fraction of sp³-hybridized carbons (Fsp3) is 0.533. The molecule has 6 nitrogen and oxygen atoms in total. The van der Waals surface area contributed by atoms with Gasteiger partial charge in [-0.2, -0.15) is 0 Å². The van der Waals surface area contributed by atoms with E-state index in [1.807, 2.05) is 18.3 Å². The minimum atomic E-state index is 0.0614. The molecule has 1 saturated carbocycles. The number of hydrogen-bond donors (Lipinski definition) is 1. The van der Waals surface area contributed by atoms with E-state index in [1.165, 1.54) is 25.7 Å². The summed E-state index contributed by atoms with van der Waals surface area (Å²) >= 11 is 0. The van der Waals surface area contributed by atoms with Crippen molar-refractivity contribution < 1.29 is 9.53 Å². The minimum absolute atomic E-state index is 0.0614. The van der Waals surface area contributed by atoms with Gasteiger partial charge in [-0.15, -0.1) is 5.10 Å². The standard InChI is InChI=1S/C15H20N4O2/c1-21-10-13-17-15-12(7-4-8-19(15)18-13)16-14(20)9-11-5-2-3-6-11/h4,7-8,11H,2-3,5-6,9-10H2,1H3,(H,16,20). The Morgan fingerprint density at radius 1 is 1.48 bits per heavy atom. The van der Waals surface area contributed by atoms with Crippen molar-refractivity contribution in [2.45, 2.75) is 38.7 Å². The summed E-state index contributed by atoms with van der Waals surface area (Å²) in [6.07, 6.45) is 7.24. The van der Waals surface area contributed by atoms with Gasteiger partial charge in [-0.3, -0.25) is 4.79 Å². The number of nitrogens with zero attached hydrogens (tertiary/aromatic N) is 3. The molecule has 2 aromatic heterocycles. The first-order valence-corrected chi connectivity index (χ1v) is 7.39. The largest absolute Gasteiger partial charge is 0.377 e. The summed E-state index contributed by atoms with van der Waals surface area (Å²) in [7, 11) is 1.61. The highest BCUT2D eigenvalue weighted by atomic mass is 16.5. The van der Waals surface area contributed by atoms with Gasteiger partial charge in [0.15, 0.2) is 11.5 Å². The number of anilines is 1. The second kappa shape index (κ2) is 6.22. The van der Waals surface area contributed by atoms with Crippen molar-refractivity contribution in [3.63, 3.8) is 0 Å². The Bertz CT molecular complexity index is 632. The number of fused-ring (bicyclic) bond motifs is 1. The lowest BCUT2D eigenvalue weighted by molar-refractivity contribution is -0.117. The lowest BCUT2D eigenvalue weighted by Gasteiger charge is -2.09. The monoisotopic (exact) mass is 288 g/mol. The summed E-state index contributed by atoms with van der Waals surface area (Å²) in [5, 5.41) is 7.27. The van der Waals surface area contributed by atoms with E-state index < -0.39 is 0 Å². The van der Waals surface area contributed by atoms with Gasteiger partial charge in [0, 0.05) is 19.7 Å². The Labute approximate surface area is 123 Å². The fourth-order valence-electron chi connectivity index (χ4n) is 2.92. The summed E-state index contributed by atoms with van der Waals surface area (Å²) in [5.74, 6) is 1.20. The number of pyridine rings is 1. The molecule has 1 aliphatic carbocycles. The van der Waals surface area contributed by atoms with Gasteiger partial charge in [-0.1, -0.05) is 12.8 Å². The van der Waals surface area contributed by atoms with Gasteiger partial charge in [0.1, 0.15) is 6.61 Å². The van der Waals surface area contributed by atoms with Crippen LogP contribution in [0.25, 0.3) is 5.65 Å². The number of ether oxygens (including phenoxy) is 1. The van der Waals surface area contributed by atoms with E-state index >= 15 is 0 Å². The second-order valence-electron chi connectivity index (χ2n) is 5.55. The molecule has 0 bridgehead atoms. The molecule has 0 spiro atoms. The van der Waals surface area contributed by atoms with Crippen LogP contribution in [0, 0.1) is 5.92 Å². The Balaban J connectivity index is 1.74. The molecule has 2 aromatic rings. The molecule has 112 valence electrons. The predicted octanol–water partition coefficient (Wildman–Crippen LogP) is 2.39. The van der Waals surface area contributed by atoms with Crippen LogP contribution in [0.2, 0.25) is 0 Å². The highest BCUT2D eigenvalue weighted by molar-refractivity contribution is 5.94. The number of amides is 1. The van der Waals surface area contributed by atoms with Gasteiger partial charge < -0.3 is 10.1 Å².